The SMILES string of the molecule is C=C(CCC=CC(C)C(C)CC(C)(C)CC)C1(C)CC1C. The molecule has 122 valence electrons. The standard InChI is InChI=1S/C21H38/c1-9-20(6,7)14-17(3)16(2)12-10-11-13-18(4)21(8)15-19(21)5/h10,12,16-17,19H,4,9,11,13-15H2,1-3,5-8H3. The third-order valence-corrected chi connectivity index (χ3v) is 6.25. The first-order valence-electron chi connectivity index (χ1n) is 8.97. The predicted molar refractivity (Wildman–Crippen MR) is 96.4 cm³/mol. The van der Waals surface area contributed by atoms with E-state index in [0.717, 1.165) is 18.3 Å². The summed E-state index contributed by atoms with van der Waals surface area (Å²) in [5.74, 6) is 2.30. The van der Waals surface area contributed by atoms with Gasteiger partial charge < -0.3 is 0 Å². The largest absolute Gasteiger partial charge is 0.0993 e. The fourth-order valence-electron chi connectivity index (χ4n) is 3.32. The molecule has 0 aromatic carbocycles. The molecular formula is C21H38. The normalized spacial score (nSPS) is 28.6. The molecule has 0 aliphatic heterocycles. The van der Waals surface area contributed by atoms with E-state index in [0.29, 0.717) is 16.7 Å². The Kier molecular flexibility index (Phi) is 6.32. The molecule has 1 aliphatic rings. The molecule has 0 spiro atoms. The van der Waals surface area contributed by atoms with Crippen LogP contribution < -0.4 is 0 Å². The van der Waals surface area contributed by atoms with E-state index in [9.17, 15) is 0 Å². The minimum atomic E-state index is 0.456. The summed E-state index contributed by atoms with van der Waals surface area (Å²) in [5, 5.41) is 0. The van der Waals surface area contributed by atoms with E-state index in [1.54, 1.807) is 0 Å². The number of hydrogen-bond acceptors (Lipinski definition) is 0. The zero-order valence-corrected chi connectivity index (χ0v) is 15.6. The van der Waals surface area contributed by atoms with Gasteiger partial charge in [0.2, 0.25) is 0 Å². The maximum Gasteiger partial charge on any atom is -0.00902 e. The van der Waals surface area contributed by atoms with Gasteiger partial charge in [0.25, 0.3) is 0 Å². The van der Waals surface area contributed by atoms with E-state index in [4.69, 9.17) is 0 Å². The third kappa shape index (κ3) is 5.31. The molecule has 1 saturated carbocycles. The monoisotopic (exact) mass is 290 g/mol. The molecule has 1 fully saturated rings. The van der Waals surface area contributed by atoms with Crippen LogP contribution in [0.4, 0.5) is 0 Å². The van der Waals surface area contributed by atoms with Gasteiger partial charge >= 0.3 is 0 Å². The van der Waals surface area contributed by atoms with Crippen LogP contribution in [0.5, 0.6) is 0 Å². The van der Waals surface area contributed by atoms with Crippen molar-refractivity contribution in [3.05, 3.63) is 24.3 Å². The van der Waals surface area contributed by atoms with Crippen molar-refractivity contribution >= 4 is 0 Å². The van der Waals surface area contributed by atoms with Gasteiger partial charge in [0.05, 0.1) is 0 Å². The van der Waals surface area contributed by atoms with Crippen molar-refractivity contribution in [1.29, 1.82) is 0 Å². The summed E-state index contributed by atoms with van der Waals surface area (Å²) >= 11 is 0. The highest BCUT2D eigenvalue weighted by Crippen LogP contribution is 2.57. The molecular weight excluding hydrogens is 252 g/mol. The number of allylic oxidation sites excluding steroid dienone is 3. The highest BCUT2D eigenvalue weighted by Gasteiger charge is 2.47. The molecule has 0 heterocycles. The fraction of sp³-hybridized carbons (Fsp3) is 0.810. The zero-order chi connectivity index (χ0) is 16.3. The summed E-state index contributed by atoms with van der Waals surface area (Å²) in [7, 11) is 0. The summed E-state index contributed by atoms with van der Waals surface area (Å²) in [4.78, 5) is 0. The first-order valence-corrected chi connectivity index (χ1v) is 8.97. The summed E-state index contributed by atoms with van der Waals surface area (Å²) in [6.07, 6.45) is 11.1. The molecule has 1 rings (SSSR count). The van der Waals surface area contributed by atoms with Gasteiger partial charge in [-0.1, -0.05) is 79.2 Å². The first-order chi connectivity index (χ1) is 9.62. The minimum Gasteiger partial charge on any atom is -0.0993 e. The first kappa shape index (κ1) is 18.5. The lowest BCUT2D eigenvalue weighted by Crippen LogP contribution is -2.18. The van der Waals surface area contributed by atoms with Gasteiger partial charge in [0.1, 0.15) is 0 Å². The van der Waals surface area contributed by atoms with Crippen LogP contribution in [0.1, 0.15) is 80.6 Å². The highest BCUT2D eigenvalue weighted by molar-refractivity contribution is 5.20. The average molecular weight is 291 g/mol. The predicted octanol–water partition coefficient (Wildman–Crippen LogP) is 7.02. The Balaban J connectivity index is 2.31. The van der Waals surface area contributed by atoms with Gasteiger partial charge in [0.15, 0.2) is 0 Å². The summed E-state index contributed by atoms with van der Waals surface area (Å²) in [5.41, 5.74) is 2.40. The minimum absolute atomic E-state index is 0.456. The Morgan fingerprint density at radius 3 is 2.43 bits per heavy atom. The van der Waals surface area contributed by atoms with Crippen LogP contribution in [0.2, 0.25) is 0 Å². The molecule has 0 amide bonds. The Bertz CT molecular complexity index is 373. The fourth-order valence-corrected chi connectivity index (χ4v) is 3.32. The molecule has 0 N–H and O–H groups in total. The molecule has 4 unspecified atom stereocenters. The molecule has 0 heteroatoms. The maximum absolute atomic E-state index is 4.32. The van der Waals surface area contributed by atoms with E-state index < -0.39 is 0 Å². The van der Waals surface area contributed by atoms with Crippen molar-refractivity contribution in [2.75, 3.05) is 0 Å². The molecule has 21 heavy (non-hydrogen) atoms. The van der Waals surface area contributed by atoms with Crippen LogP contribution in [0.3, 0.4) is 0 Å². The lowest BCUT2D eigenvalue weighted by atomic mass is 9.77. The average Bonchev–Trinajstić information content (AvgIpc) is 3.02. The summed E-state index contributed by atoms with van der Waals surface area (Å²) in [6.45, 7) is 20.9. The topological polar surface area (TPSA) is 0 Å². The van der Waals surface area contributed by atoms with Gasteiger partial charge in [0, 0.05) is 0 Å². The van der Waals surface area contributed by atoms with Gasteiger partial charge in [-0.25, -0.2) is 0 Å². The molecule has 0 saturated heterocycles. The Hall–Kier alpha value is -0.520. The van der Waals surface area contributed by atoms with Gasteiger partial charge in [-0.3, -0.25) is 0 Å². The second kappa shape index (κ2) is 7.16. The van der Waals surface area contributed by atoms with E-state index in [1.807, 2.05) is 0 Å². The summed E-state index contributed by atoms with van der Waals surface area (Å²) < 4.78 is 0. The van der Waals surface area contributed by atoms with Crippen LogP contribution in [0.25, 0.3) is 0 Å². The molecule has 0 nitrogen and oxygen atoms in total. The van der Waals surface area contributed by atoms with Crippen LogP contribution in [0, 0.1) is 28.6 Å². The zero-order valence-electron chi connectivity index (χ0n) is 15.6. The molecule has 0 aromatic heterocycles. The van der Waals surface area contributed by atoms with Crippen molar-refractivity contribution in [3.8, 4) is 0 Å². The molecule has 0 radical (unpaired) electrons. The lowest BCUT2D eigenvalue weighted by molar-refractivity contribution is 0.241. The van der Waals surface area contributed by atoms with Gasteiger partial charge in [-0.2, -0.15) is 0 Å². The van der Waals surface area contributed by atoms with Gasteiger partial charge in [-0.05, 0) is 54.3 Å². The van der Waals surface area contributed by atoms with Crippen molar-refractivity contribution in [3.63, 3.8) is 0 Å². The van der Waals surface area contributed by atoms with Crippen LogP contribution in [0.15, 0.2) is 24.3 Å². The van der Waals surface area contributed by atoms with E-state index in [-0.39, 0.29) is 0 Å². The summed E-state index contributed by atoms with van der Waals surface area (Å²) in [6, 6.07) is 0. The number of rotatable bonds is 9. The van der Waals surface area contributed by atoms with Crippen LogP contribution >= 0.6 is 0 Å². The lowest BCUT2D eigenvalue weighted by Gasteiger charge is -2.29. The second-order valence-corrected chi connectivity index (χ2v) is 8.65. The Morgan fingerprint density at radius 2 is 1.95 bits per heavy atom. The van der Waals surface area contributed by atoms with Crippen molar-refractivity contribution in [2.45, 2.75) is 80.6 Å². The van der Waals surface area contributed by atoms with Gasteiger partial charge in [-0.15, -0.1) is 0 Å². The van der Waals surface area contributed by atoms with Crippen molar-refractivity contribution < 1.29 is 0 Å². The van der Waals surface area contributed by atoms with E-state index in [1.165, 1.54) is 31.3 Å². The maximum atomic E-state index is 4.32. The highest BCUT2D eigenvalue weighted by atomic mass is 14.5. The second-order valence-electron chi connectivity index (χ2n) is 8.65. The smallest absolute Gasteiger partial charge is 0.00902 e. The Labute approximate surface area is 134 Å². The van der Waals surface area contributed by atoms with E-state index in [2.05, 4.69) is 67.2 Å². The quantitative estimate of drug-likeness (QED) is 0.400. The van der Waals surface area contributed by atoms with Crippen LogP contribution in [-0.2, 0) is 0 Å². The molecule has 4 atom stereocenters. The molecule has 0 bridgehead atoms. The van der Waals surface area contributed by atoms with Crippen LogP contribution in [-0.4, -0.2) is 0 Å². The number of hydrogen-bond donors (Lipinski definition) is 0. The van der Waals surface area contributed by atoms with E-state index >= 15 is 0 Å². The molecule has 1 aliphatic carbocycles. The Morgan fingerprint density at radius 1 is 1.38 bits per heavy atom. The third-order valence-electron chi connectivity index (χ3n) is 6.25. The van der Waals surface area contributed by atoms with Crippen molar-refractivity contribution in [2.24, 2.45) is 28.6 Å². The van der Waals surface area contributed by atoms with Crippen molar-refractivity contribution in [1.82, 2.24) is 0 Å². The molecule has 0 aromatic rings.